The van der Waals surface area contributed by atoms with E-state index in [2.05, 4.69) is 32.9 Å². The summed E-state index contributed by atoms with van der Waals surface area (Å²) in [6.07, 6.45) is 0. The number of carbonyl (C=O) groups is 1. The lowest BCUT2D eigenvalue weighted by Crippen LogP contribution is -2.45. The van der Waals surface area contributed by atoms with E-state index in [0.29, 0.717) is 0 Å². The summed E-state index contributed by atoms with van der Waals surface area (Å²) in [7, 11) is 1.86. The fraction of sp³-hybridized carbons (Fsp3) is 0.333. The number of hydrogen-bond donors (Lipinski definition) is 0. The van der Waals surface area contributed by atoms with E-state index in [0.717, 1.165) is 22.3 Å². The number of likely N-dealkylation sites (N-methyl/N-ethyl adjacent to an activating group) is 1. The van der Waals surface area contributed by atoms with Crippen molar-refractivity contribution in [2.24, 2.45) is 0 Å². The van der Waals surface area contributed by atoms with Crippen LogP contribution in [0.1, 0.15) is 36.2 Å². The molecule has 2 heterocycles. The molecular formula is C21H22N2O. The molecule has 0 radical (unpaired) electrons. The molecule has 0 fully saturated rings. The van der Waals surface area contributed by atoms with Gasteiger partial charge in [0.1, 0.15) is 0 Å². The van der Waals surface area contributed by atoms with Gasteiger partial charge in [-0.25, -0.2) is 0 Å². The van der Waals surface area contributed by atoms with Gasteiger partial charge < -0.3 is 4.90 Å². The molecule has 0 aliphatic carbocycles. The Hall–Kier alpha value is -2.42. The highest BCUT2D eigenvalue weighted by Gasteiger charge is 2.41. The maximum Gasteiger partial charge on any atom is 0.238 e. The standard InChI is InChI=1S/C21H22N2O/c1-11-10-15-14-8-7-9-16-17(14)19(21(4,5)20(24)23(16)6)22-18(15)13(3)12(11)2/h7-10H,1-6H3. The first-order valence-corrected chi connectivity index (χ1v) is 8.37. The van der Waals surface area contributed by atoms with Gasteiger partial charge in [0.2, 0.25) is 5.91 Å². The van der Waals surface area contributed by atoms with Gasteiger partial charge >= 0.3 is 0 Å². The van der Waals surface area contributed by atoms with E-state index in [-0.39, 0.29) is 5.91 Å². The van der Waals surface area contributed by atoms with E-state index in [1.54, 1.807) is 4.90 Å². The van der Waals surface area contributed by atoms with Gasteiger partial charge in [-0.15, -0.1) is 0 Å². The molecule has 1 amide bonds. The van der Waals surface area contributed by atoms with Gasteiger partial charge in [0.15, 0.2) is 0 Å². The summed E-state index contributed by atoms with van der Waals surface area (Å²) in [6, 6.07) is 8.44. The Kier molecular flexibility index (Phi) is 2.88. The molecule has 0 atom stereocenters. The molecule has 0 N–H and O–H groups in total. The first-order chi connectivity index (χ1) is 11.2. The van der Waals surface area contributed by atoms with E-state index in [9.17, 15) is 4.79 Å². The van der Waals surface area contributed by atoms with Crippen molar-refractivity contribution in [3.05, 3.63) is 46.6 Å². The van der Waals surface area contributed by atoms with E-state index in [4.69, 9.17) is 4.98 Å². The summed E-state index contributed by atoms with van der Waals surface area (Å²) in [5.41, 5.74) is 6.00. The van der Waals surface area contributed by atoms with Gasteiger partial charge in [-0.3, -0.25) is 9.78 Å². The van der Waals surface area contributed by atoms with E-state index in [1.165, 1.54) is 27.5 Å². The molecule has 0 saturated heterocycles. The van der Waals surface area contributed by atoms with Crippen LogP contribution < -0.4 is 4.90 Å². The van der Waals surface area contributed by atoms with Crippen molar-refractivity contribution in [2.75, 3.05) is 11.9 Å². The third-order valence-electron chi connectivity index (χ3n) is 5.71. The summed E-state index contributed by atoms with van der Waals surface area (Å²) in [5, 5.41) is 3.47. The lowest BCUT2D eigenvalue weighted by atomic mass is 9.80. The molecule has 3 nitrogen and oxygen atoms in total. The predicted octanol–water partition coefficient (Wildman–Crippen LogP) is 4.57. The Bertz CT molecular complexity index is 1050. The first-order valence-electron chi connectivity index (χ1n) is 8.37. The lowest BCUT2D eigenvalue weighted by molar-refractivity contribution is -0.123. The van der Waals surface area contributed by atoms with Crippen molar-refractivity contribution in [1.82, 2.24) is 4.98 Å². The molecule has 0 unspecified atom stereocenters. The summed E-state index contributed by atoms with van der Waals surface area (Å²) < 4.78 is 0. The second-order valence-electron chi connectivity index (χ2n) is 7.49. The van der Waals surface area contributed by atoms with E-state index < -0.39 is 5.41 Å². The van der Waals surface area contributed by atoms with Crippen molar-refractivity contribution in [3.8, 4) is 0 Å². The second-order valence-corrected chi connectivity index (χ2v) is 7.49. The number of aromatic nitrogens is 1. The Balaban J connectivity index is 2.32. The molecule has 0 spiro atoms. The van der Waals surface area contributed by atoms with Crippen molar-refractivity contribution in [1.29, 1.82) is 0 Å². The summed E-state index contributed by atoms with van der Waals surface area (Å²) in [5.74, 6) is 0.0934. The average Bonchev–Trinajstić information content (AvgIpc) is 2.56. The smallest absolute Gasteiger partial charge is 0.238 e. The van der Waals surface area contributed by atoms with E-state index >= 15 is 0 Å². The average molecular weight is 318 g/mol. The number of rotatable bonds is 0. The number of carbonyl (C=O) groups excluding carboxylic acids is 1. The number of amides is 1. The van der Waals surface area contributed by atoms with Crippen molar-refractivity contribution >= 4 is 33.3 Å². The van der Waals surface area contributed by atoms with Crippen molar-refractivity contribution in [3.63, 3.8) is 0 Å². The van der Waals surface area contributed by atoms with Crippen LogP contribution in [-0.2, 0) is 10.2 Å². The number of pyridine rings is 1. The summed E-state index contributed by atoms with van der Waals surface area (Å²) in [6.45, 7) is 10.4. The van der Waals surface area contributed by atoms with Crippen molar-refractivity contribution < 1.29 is 4.79 Å². The van der Waals surface area contributed by atoms with Crippen LogP contribution in [0.3, 0.4) is 0 Å². The fourth-order valence-corrected chi connectivity index (χ4v) is 3.96. The van der Waals surface area contributed by atoms with Gasteiger partial charge in [-0.1, -0.05) is 12.1 Å². The van der Waals surface area contributed by atoms with Crippen molar-refractivity contribution in [2.45, 2.75) is 40.0 Å². The van der Waals surface area contributed by atoms with Gasteiger partial charge in [0, 0.05) is 17.8 Å². The maximum atomic E-state index is 12.9. The van der Waals surface area contributed by atoms with Gasteiger partial charge in [-0.05, 0) is 68.8 Å². The van der Waals surface area contributed by atoms with Gasteiger partial charge in [0.25, 0.3) is 0 Å². The highest BCUT2D eigenvalue weighted by atomic mass is 16.2. The Labute approximate surface area is 142 Å². The lowest BCUT2D eigenvalue weighted by Gasteiger charge is -2.36. The molecular weight excluding hydrogens is 296 g/mol. The molecule has 0 bridgehead atoms. The largest absolute Gasteiger partial charge is 0.314 e. The SMILES string of the molecule is Cc1cc2c(nc3c4c(cccc42)N(C)C(=O)C3(C)C)c(C)c1C. The Morgan fingerprint density at radius 2 is 1.75 bits per heavy atom. The number of anilines is 1. The molecule has 122 valence electrons. The number of aryl methyl sites for hydroxylation is 2. The zero-order valence-electron chi connectivity index (χ0n) is 15.1. The van der Waals surface area contributed by atoms with Crippen LogP contribution in [-0.4, -0.2) is 17.9 Å². The summed E-state index contributed by atoms with van der Waals surface area (Å²) in [4.78, 5) is 19.7. The quantitative estimate of drug-likeness (QED) is 0.569. The summed E-state index contributed by atoms with van der Waals surface area (Å²) >= 11 is 0. The minimum atomic E-state index is -0.624. The monoisotopic (exact) mass is 318 g/mol. The van der Waals surface area contributed by atoms with Crippen LogP contribution in [0.4, 0.5) is 5.69 Å². The number of nitrogens with zero attached hydrogens (tertiary/aromatic N) is 2. The third-order valence-corrected chi connectivity index (χ3v) is 5.71. The van der Waals surface area contributed by atoms with Crippen LogP contribution in [0.25, 0.3) is 21.7 Å². The molecule has 3 aromatic rings. The van der Waals surface area contributed by atoms with Crippen LogP contribution >= 0.6 is 0 Å². The minimum Gasteiger partial charge on any atom is -0.314 e. The minimum absolute atomic E-state index is 0.0934. The molecule has 3 heteroatoms. The van der Waals surface area contributed by atoms with E-state index in [1.807, 2.05) is 33.0 Å². The molecule has 1 aromatic heterocycles. The zero-order chi connectivity index (χ0) is 17.4. The highest BCUT2D eigenvalue weighted by Crippen LogP contribution is 2.44. The number of fused-ring (bicyclic) bond motifs is 2. The predicted molar refractivity (Wildman–Crippen MR) is 99.9 cm³/mol. The van der Waals surface area contributed by atoms with Gasteiger partial charge in [-0.2, -0.15) is 0 Å². The Morgan fingerprint density at radius 1 is 1.04 bits per heavy atom. The molecule has 2 aromatic carbocycles. The van der Waals surface area contributed by atoms with Gasteiger partial charge in [0.05, 0.1) is 22.3 Å². The highest BCUT2D eigenvalue weighted by molar-refractivity contribution is 6.19. The number of benzene rings is 2. The molecule has 4 rings (SSSR count). The molecule has 24 heavy (non-hydrogen) atoms. The number of hydrogen-bond acceptors (Lipinski definition) is 2. The Morgan fingerprint density at radius 3 is 2.46 bits per heavy atom. The second kappa shape index (κ2) is 4.56. The molecule has 0 saturated carbocycles. The van der Waals surface area contributed by atoms with Crippen LogP contribution in [0.2, 0.25) is 0 Å². The van der Waals surface area contributed by atoms with Crippen LogP contribution in [0.5, 0.6) is 0 Å². The normalized spacial score (nSPS) is 16.2. The first kappa shape index (κ1) is 15.1. The third kappa shape index (κ3) is 1.67. The molecule has 1 aliphatic heterocycles. The van der Waals surface area contributed by atoms with Crippen LogP contribution in [0.15, 0.2) is 24.3 Å². The topological polar surface area (TPSA) is 33.2 Å². The van der Waals surface area contributed by atoms with Crippen LogP contribution in [0, 0.1) is 20.8 Å². The maximum absolute atomic E-state index is 12.9. The molecule has 1 aliphatic rings. The fourth-order valence-electron chi connectivity index (χ4n) is 3.96. The zero-order valence-corrected chi connectivity index (χ0v) is 15.1.